The standard InChI is InChI=1S/C10H5ClF3NO4/c11-3-8(17)9-6(10(12,13)14)1-5(4-16)2-7(9)15(18)19/h1-2,4H,3H2. The highest BCUT2D eigenvalue weighted by atomic mass is 35.5. The van der Waals surface area contributed by atoms with Gasteiger partial charge in [-0.05, 0) is 6.07 Å². The van der Waals surface area contributed by atoms with Gasteiger partial charge in [-0.1, -0.05) is 0 Å². The quantitative estimate of drug-likeness (QED) is 0.281. The van der Waals surface area contributed by atoms with Gasteiger partial charge in [0.25, 0.3) is 5.69 Å². The summed E-state index contributed by atoms with van der Waals surface area (Å²) in [4.78, 5) is 31.4. The third kappa shape index (κ3) is 3.08. The molecule has 0 aliphatic heterocycles. The first-order chi connectivity index (χ1) is 8.72. The minimum Gasteiger partial charge on any atom is -0.298 e. The predicted molar refractivity (Wildman–Crippen MR) is 58.5 cm³/mol. The first-order valence-electron chi connectivity index (χ1n) is 4.66. The van der Waals surface area contributed by atoms with Crippen molar-refractivity contribution in [2.75, 3.05) is 5.88 Å². The lowest BCUT2D eigenvalue weighted by atomic mass is 9.98. The normalized spacial score (nSPS) is 11.2. The molecule has 1 aromatic carbocycles. The minimum absolute atomic E-state index is 0.0250. The van der Waals surface area contributed by atoms with Crippen molar-refractivity contribution < 1.29 is 27.7 Å². The topological polar surface area (TPSA) is 77.3 Å². The number of ketones is 1. The molecule has 0 atom stereocenters. The second kappa shape index (κ2) is 5.35. The molecule has 1 rings (SSSR count). The van der Waals surface area contributed by atoms with E-state index in [0.29, 0.717) is 12.1 Å². The van der Waals surface area contributed by atoms with Crippen LogP contribution in [0.25, 0.3) is 0 Å². The van der Waals surface area contributed by atoms with Crippen LogP contribution in [0.15, 0.2) is 12.1 Å². The molecule has 0 aliphatic rings. The van der Waals surface area contributed by atoms with Crippen molar-refractivity contribution in [1.82, 2.24) is 0 Å². The van der Waals surface area contributed by atoms with Crippen molar-refractivity contribution in [2.24, 2.45) is 0 Å². The van der Waals surface area contributed by atoms with Gasteiger partial charge in [-0.15, -0.1) is 11.6 Å². The fourth-order valence-corrected chi connectivity index (χ4v) is 1.58. The fourth-order valence-electron chi connectivity index (χ4n) is 1.44. The maximum absolute atomic E-state index is 12.8. The van der Waals surface area contributed by atoms with E-state index in [9.17, 15) is 32.9 Å². The van der Waals surface area contributed by atoms with Crippen LogP contribution in [0, 0.1) is 10.1 Å². The summed E-state index contributed by atoms with van der Waals surface area (Å²) in [6.45, 7) is 0. The molecule has 0 saturated carbocycles. The Morgan fingerprint density at radius 2 is 2.00 bits per heavy atom. The Morgan fingerprint density at radius 1 is 1.42 bits per heavy atom. The molecule has 0 aliphatic carbocycles. The van der Waals surface area contributed by atoms with Crippen LogP contribution in [0.5, 0.6) is 0 Å². The largest absolute Gasteiger partial charge is 0.417 e. The van der Waals surface area contributed by atoms with E-state index in [1.165, 1.54) is 0 Å². The molecule has 9 heteroatoms. The maximum atomic E-state index is 12.8. The van der Waals surface area contributed by atoms with E-state index in [1.807, 2.05) is 0 Å². The third-order valence-corrected chi connectivity index (χ3v) is 2.42. The van der Waals surface area contributed by atoms with E-state index < -0.39 is 45.1 Å². The van der Waals surface area contributed by atoms with Crippen LogP contribution >= 0.6 is 11.6 Å². The molecule has 0 fully saturated rings. The van der Waals surface area contributed by atoms with Gasteiger partial charge in [0.1, 0.15) is 11.8 Å². The Labute approximate surface area is 109 Å². The van der Waals surface area contributed by atoms with Gasteiger partial charge in [0.15, 0.2) is 5.78 Å². The zero-order valence-corrected chi connectivity index (χ0v) is 9.79. The molecule has 0 amide bonds. The SMILES string of the molecule is O=Cc1cc([N+](=O)[O-])c(C(=O)CCl)c(C(F)(F)F)c1. The zero-order valence-electron chi connectivity index (χ0n) is 9.03. The van der Waals surface area contributed by atoms with Crippen LogP contribution in [0.1, 0.15) is 26.3 Å². The first kappa shape index (κ1) is 15.1. The average Bonchev–Trinajstić information content (AvgIpc) is 2.34. The molecule has 0 saturated heterocycles. The molecule has 0 heterocycles. The number of hydrogen-bond acceptors (Lipinski definition) is 4. The highest BCUT2D eigenvalue weighted by Crippen LogP contribution is 2.37. The molecule has 0 spiro atoms. The molecule has 19 heavy (non-hydrogen) atoms. The molecule has 102 valence electrons. The number of nitro groups is 1. The second-order valence-corrected chi connectivity index (χ2v) is 3.66. The number of halogens is 4. The highest BCUT2D eigenvalue weighted by molar-refractivity contribution is 6.31. The maximum Gasteiger partial charge on any atom is 0.417 e. The van der Waals surface area contributed by atoms with Crippen molar-refractivity contribution >= 4 is 29.4 Å². The highest BCUT2D eigenvalue weighted by Gasteiger charge is 2.39. The van der Waals surface area contributed by atoms with E-state index in [2.05, 4.69) is 0 Å². The van der Waals surface area contributed by atoms with Crippen molar-refractivity contribution in [3.63, 3.8) is 0 Å². The Balaban J connectivity index is 3.76. The van der Waals surface area contributed by atoms with Crippen LogP contribution in [0.3, 0.4) is 0 Å². The number of nitrogens with zero attached hydrogens (tertiary/aromatic N) is 1. The van der Waals surface area contributed by atoms with Crippen LogP contribution in [-0.4, -0.2) is 22.9 Å². The average molecular weight is 296 g/mol. The number of rotatable bonds is 4. The van der Waals surface area contributed by atoms with E-state index >= 15 is 0 Å². The van der Waals surface area contributed by atoms with Gasteiger partial charge in [-0.3, -0.25) is 19.7 Å². The number of carbonyl (C=O) groups excluding carboxylic acids is 2. The van der Waals surface area contributed by atoms with Crippen LogP contribution in [-0.2, 0) is 6.18 Å². The van der Waals surface area contributed by atoms with Crippen molar-refractivity contribution in [3.05, 3.63) is 38.9 Å². The number of hydrogen-bond donors (Lipinski definition) is 0. The zero-order chi connectivity index (χ0) is 14.8. The second-order valence-electron chi connectivity index (χ2n) is 3.39. The summed E-state index contributed by atoms with van der Waals surface area (Å²) in [5, 5.41) is 10.7. The Morgan fingerprint density at radius 3 is 2.37 bits per heavy atom. The lowest BCUT2D eigenvalue weighted by Gasteiger charge is -2.12. The van der Waals surface area contributed by atoms with E-state index in [1.54, 1.807) is 0 Å². The van der Waals surface area contributed by atoms with Crippen molar-refractivity contribution in [2.45, 2.75) is 6.18 Å². The lowest BCUT2D eigenvalue weighted by Crippen LogP contribution is -2.17. The Hall–Kier alpha value is -1.96. The molecule has 0 bridgehead atoms. The molecule has 0 N–H and O–H groups in total. The van der Waals surface area contributed by atoms with E-state index in [-0.39, 0.29) is 6.29 Å². The van der Waals surface area contributed by atoms with Crippen molar-refractivity contribution in [3.8, 4) is 0 Å². The van der Waals surface area contributed by atoms with Gasteiger partial charge >= 0.3 is 6.18 Å². The molecule has 1 aromatic rings. The van der Waals surface area contributed by atoms with E-state index in [0.717, 1.165) is 0 Å². The summed E-state index contributed by atoms with van der Waals surface area (Å²) in [5.74, 6) is -2.08. The summed E-state index contributed by atoms with van der Waals surface area (Å²) >= 11 is 5.15. The molecular weight excluding hydrogens is 291 g/mol. The summed E-state index contributed by atoms with van der Waals surface area (Å²) in [5.41, 5.74) is -4.33. The smallest absolute Gasteiger partial charge is 0.298 e. The summed E-state index contributed by atoms with van der Waals surface area (Å²) in [6.07, 6.45) is -4.99. The number of benzene rings is 1. The Kier molecular flexibility index (Phi) is 4.25. The first-order valence-corrected chi connectivity index (χ1v) is 5.19. The number of Topliss-reactive ketones (excluding diaryl/α,β-unsaturated/α-hetero) is 1. The summed E-state index contributed by atoms with van der Waals surface area (Å²) in [6, 6.07) is 0.974. The number of carbonyl (C=O) groups is 2. The molecular formula is C10H5ClF3NO4. The van der Waals surface area contributed by atoms with E-state index in [4.69, 9.17) is 11.6 Å². The summed E-state index contributed by atoms with van der Waals surface area (Å²) in [7, 11) is 0. The van der Waals surface area contributed by atoms with Gasteiger partial charge in [0, 0.05) is 11.6 Å². The number of alkyl halides is 4. The molecule has 0 aromatic heterocycles. The summed E-state index contributed by atoms with van der Waals surface area (Å²) < 4.78 is 38.3. The van der Waals surface area contributed by atoms with Crippen LogP contribution < -0.4 is 0 Å². The molecule has 0 unspecified atom stereocenters. The number of nitro benzene ring substituents is 1. The van der Waals surface area contributed by atoms with Gasteiger partial charge < -0.3 is 0 Å². The van der Waals surface area contributed by atoms with Crippen LogP contribution in [0.4, 0.5) is 18.9 Å². The minimum atomic E-state index is -5.01. The molecule has 0 radical (unpaired) electrons. The predicted octanol–water partition coefficient (Wildman–Crippen LogP) is 2.85. The fraction of sp³-hybridized carbons (Fsp3) is 0.200. The Bertz CT molecular complexity index is 556. The number of aldehydes is 1. The monoisotopic (exact) mass is 295 g/mol. The van der Waals surface area contributed by atoms with Gasteiger partial charge in [0.2, 0.25) is 0 Å². The van der Waals surface area contributed by atoms with Gasteiger partial charge in [-0.2, -0.15) is 13.2 Å². The van der Waals surface area contributed by atoms with Gasteiger partial charge in [0.05, 0.1) is 16.4 Å². The van der Waals surface area contributed by atoms with Gasteiger partial charge in [-0.25, -0.2) is 0 Å². The molecule has 5 nitrogen and oxygen atoms in total. The lowest BCUT2D eigenvalue weighted by molar-refractivity contribution is -0.385. The third-order valence-electron chi connectivity index (χ3n) is 2.18. The van der Waals surface area contributed by atoms with Crippen LogP contribution in [0.2, 0.25) is 0 Å². The van der Waals surface area contributed by atoms with Crippen molar-refractivity contribution in [1.29, 1.82) is 0 Å².